The van der Waals surface area contributed by atoms with Crippen LogP contribution in [0, 0.1) is 0 Å². The molecule has 3 amide bonds. The molecule has 0 aliphatic heterocycles. The van der Waals surface area contributed by atoms with Crippen molar-refractivity contribution in [2.45, 2.75) is 76.8 Å². The summed E-state index contributed by atoms with van der Waals surface area (Å²) in [6.07, 6.45) is 9.18. The summed E-state index contributed by atoms with van der Waals surface area (Å²) >= 11 is 0. The Hall–Kier alpha value is -1.01. The van der Waals surface area contributed by atoms with Crippen LogP contribution in [0.5, 0.6) is 0 Å². The molecule has 6 nitrogen and oxygen atoms in total. The van der Waals surface area contributed by atoms with Gasteiger partial charge >= 0.3 is 6.03 Å². The average Bonchev–Trinajstić information content (AvgIpc) is 2.57. The summed E-state index contributed by atoms with van der Waals surface area (Å²) in [4.78, 5) is 25.4. The number of nitrogens with two attached hydrogens (primary N) is 1. The fraction of sp³-hybridized carbons (Fsp3) is 0.882. The van der Waals surface area contributed by atoms with Crippen LogP contribution in [0.15, 0.2) is 0 Å². The van der Waals surface area contributed by atoms with Crippen molar-refractivity contribution in [1.29, 1.82) is 0 Å². The lowest BCUT2D eigenvalue weighted by Crippen LogP contribution is -2.43. The van der Waals surface area contributed by atoms with E-state index in [9.17, 15) is 9.59 Å². The molecule has 4 N–H and O–H groups in total. The third-order valence-corrected chi connectivity index (χ3v) is 4.69. The first-order valence-electron chi connectivity index (χ1n) is 9.04. The zero-order valence-electron chi connectivity index (χ0n) is 15.2. The summed E-state index contributed by atoms with van der Waals surface area (Å²) in [5, 5.41) is 5.95. The number of nitrogens with one attached hydrogen (secondary N) is 2. The monoisotopic (exact) mass is 362 g/mol. The first kappa shape index (κ1) is 23.0. The van der Waals surface area contributed by atoms with Gasteiger partial charge in [-0.1, -0.05) is 25.7 Å². The second-order valence-electron chi connectivity index (χ2n) is 6.64. The normalized spacial score (nSPS) is 16.0. The van der Waals surface area contributed by atoms with Crippen molar-refractivity contribution < 1.29 is 9.59 Å². The van der Waals surface area contributed by atoms with Crippen molar-refractivity contribution in [3.63, 3.8) is 0 Å². The first-order valence-corrected chi connectivity index (χ1v) is 9.04. The molecule has 24 heavy (non-hydrogen) atoms. The molecule has 0 spiro atoms. The van der Waals surface area contributed by atoms with Crippen LogP contribution in [-0.2, 0) is 4.79 Å². The molecule has 1 rings (SSSR count). The van der Waals surface area contributed by atoms with E-state index in [1.165, 1.54) is 19.3 Å². The molecule has 1 aliphatic carbocycles. The zero-order valence-corrected chi connectivity index (χ0v) is 16.0. The van der Waals surface area contributed by atoms with E-state index in [4.69, 9.17) is 5.73 Å². The Morgan fingerprint density at radius 1 is 1.17 bits per heavy atom. The summed E-state index contributed by atoms with van der Waals surface area (Å²) in [7, 11) is 1.80. The van der Waals surface area contributed by atoms with E-state index in [1.54, 1.807) is 11.9 Å². The Bertz CT molecular complexity index is 362. The molecule has 0 bridgehead atoms. The van der Waals surface area contributed by atoms with Gasteiger partial charge in [0.15, 0.2) is 0 Å². The maximum Gasteiger partial charge on any atom is 0.315 e. The first-order chi connectivity index (χ1) is 11.0. The van der Waals surface area contributed by atoms with Gasteiger partial charge < -0.3 is 21.3 Å². The van der Waals surface area contributed by atoms with Crippen LogP contribution in [0.1, 0.15) is 64.7 Å². The number of carbonyl (C=O) groups is 2. The summed E-state index contributed by atoms with van der Waals surface area (Å²) in [6, 6.07) is 0.388. The molecule has 1 atom stereocenters. The molecular weight excluding hydrogens is 328 g/mol. The number of hydrogen-bond donors (Lipinski definition) is 3. The Morgan fingerprint density at radius 3 is 2.46 bits per heavy atom. The van der Waals surface area contributed by atoms with E-state index in [0.717, 1.165) is 32.1 Å². The molecule has 1 unspecified atom stereocenters. The molecule has 1 saturated carbocycles. The molecule has 0 heterocycles. The molecule has 7 heteroatoms. The van der Waals surface area contributed by atoms with E-state index in [0.29, 0.717) is 25.6 Å². The van der Waals surface area contributed by atoms with Gasteiger partial charge in [0.25, 0.3) is 0 Å². The largest absolute Gasteiger partial charge is 0.342 e. The fourth-order valence-corrected chi connectivity index (χ4v) is 2.84. The van der Waals surface area contributed by atoms with Crippen molar-refractivity contribution >= 4 is 24.3 Å². The van der Waals surface area contributed by atoms with Crippen LogP contribution >= 0.6 is 12.4 Å². The Balaban J connectivity index is 0.00000529. The minimum Gasteiger partial charge on any atom is -0.342 e. The number of halogens is 1. The Labute approximate surface area is 152 Å². The number of nitrogens with zero attached hydrogens (tertiary/aromatic N) is 1. The van der Waals surface area contributed by atoms with E-state index >= 15 is 0 Å². The van der Waals surface area contributed by atoms with Crippen molar-refractivity contribution in [3.8, 4) is 0 Å². The highest BCUT2D eigenvalue weighted by Crippen LogP contribution is 2.17. The predicted octanol–water partition coefficient (Wildman–Crippen LogP) is 2.41. The summed E-state index contributed by atoms with van der Waals surface area (Å²) in [5.41, 5.74) is 5.56. The molecule has 0 aromatic carbocycles. The minimum absolute atomic E-state index is 0. The summed E-state index contributed by atoms with van der Waals surface area (Å²) in [6.45, 7) is 3.11. The van der Waals surface area contributed by atoms with Crippen LogP contribution in [0.2, 0.25) is 0 Å². The third kappa shape index (κ3) is 9.33. The molecule has 0 aromatic rings. The molecule has 142 valence electrons. The van der Waals surface area contributed by atoms with Gasteiger partial charge in [-0.2, -0.15) is 0 Å². The SMILES string of the molecule is CC(CN)N(C)C(=O)CCCCCNC(=O)NC1CCCCC1.Cl. The lowest BCUT2D eigenvalue weighted by atomic mass is 9.96. The lowest BCUT2D eigenvalue weighted by molar-refractivity contribution is -0.131. The number of amides is 3. The fourth-order valence-electron chi connectivity index (χ4n) is 2.84. The number of hydrogen-bond acceptors (Lipinski definition) is 3. The summed E-state index contributed by atoms with van der Waals surface area (Å²) in [5.74, 6) is 0.144. The van der Waals surface area contributed by atoms with Crippen molar-refractivity contribution in [3.05, 3.63) is 0 Å². The maximum atomic E-state index is 11.9. The molecule has 0 aromatic heterocycles. The Kier molecular flexibility index (Phi) is 12.7. The average molecular weight is 363 g/mol. The van der Waals surface area contributed by atoms with Crippen LogP contribution in [-0.4, -0.2) is 49.1 Å². The second kappa shape index (κ2) is 13.3. The van der Waals surface area contributed by atoms with E-state index < -0.39 is 0 Å². The van der Waals surface area contributed by atoms with Crippen molar-refractivity contribution in [2.75, 3.05) is 20.1 Å². The summed E-state index contributed by atoms with van der Waals surface area (Å²) < 4.78 is 0. The van der Waals surface area contributed by atoms with E-state index in [2.05, 4.69) is 10.6 Å². The highest BCUT2D eigenvalue weighted by Gasteiger charge is 2.15. The van der Waals surface area contributed by atoms with E-state index in [1.807, 2.05) is 6.92 Å². The van der Waals surface area contributed by atoms with Crippen molar-refractivity contribution in [1.82, 2.24) is 15.5 Å². The predicted molar refractivity (Wildman–Crippen MR) is 100 cm³/mol. The van der Waals surface area contributed by atoms with Gasteiger partial charge in [-0.3, -0.25) is 4.79 Å². The smallest absolute Gasteiger partial charge is 0.315 e. The molecule has 1 fully saturated rings. The van der Waals surface area contributed by atoms with Gasteiger partial charge in [0.1, 0.15) is 0 Å². The van der Waals surface area contributed by atoms with Crippen molar-refractivity contribution in [2.24, 2.45) is 5.73 Å². The number of likely N-dealkylation sites (N-methyl/N-ethyl adjacent to an activating group) is 1. The lowest BCUT2D eigenvalue weighted by Gasteiger charge is -2.23. The maximum absolute atomic E-state index is 11.9. The van der Waals surface area contributed by atoms with Crippen LogP contribution in [0.25, 0.3) is 0 Å². The molecule has 0 radical (unpaired) electrons. The van der Waals surface area contributed by atoms with Crippen LogP contribution in [0.3, 0.4) is 0 Å². The van der Waals surface area contributed by atoms with E-state index in [-0.39, 0.29) is 30.4 Å². The van der Waals surface area contributed by atoms with Crippen LogP contribution < -0.4 is 16.4 Å². The van der Waals surface area contributed by atoms with Gasteiger partial charge in [-0.05, 0) is 32.6 Å². The second-order valence-corrected chi connectivity index (χ2v) is 6.64. The minimum atomic E-state index is -0.0514. The molecule has 1 aliphatic rings. The topological polar surface area (TPSA) is 87.5 Å². The van der Waals surface area contributed by atoms with Crippen LogP contribution in [0.4, 0.5) is 4.79 Å². The van der Waals surface area contributed by atoms with Gasteiger partial charge in [-0.25, -0.2) is 4.79 Å². The van der Waals surface area contributed by atoms with Gasteiger partial charge in [-0.15, -0.1) is 12.4 Å². The van der Waals surface area contributed by atoms with Gasteiger partial charge in [0.05, 0.1) is 0 Å². The highest BCUT2D eigenvalue weighted by molar-refractivity contribution is 5.85. The molecule has 0 saturated heterocycles. The molecular formula is C17H35ClN4O2. The Morgan fingerprint density at radius 2 is 1.83 bits per heavy atom. The zero-order chi connectivity index (χ0) is 17.1. The number of rotatable bonds is 9. The number of carbonyl (C=O) groups excluding carboxylic acids is 2. The number of unbranched alkanes of at least 4 members (excludes halogenated alkanes) is 2. The highest BCUT2D eigenvalue weighted by atomic mass is 35.5. The van der Waals surface area contributed by atoms with Gasteiger partial charge in [0.2, 0.25) is 5.91 Å². The number of urea groups is 1. The standard InChI is InChI=1S/C17H34N4O2.ClH/c1-14(13-18)21(2)16(22)11-7-4-8-12-19-17(23)20-15-9-5-3-6-10-15;/h14-15H,3-13,18H2,1-2H3,(H2,19,20,23);1H. The third-order valence-electron chi connectivity index (χ3n) is 4.69. The quantitative estimate of drug-likeness (QED) is 0.550. The van der Waals surface area contributed by atoms with Gasteiger partial charge in [0, 0.05) is 38.6 Å².